The maximum atomic E-state index is 13.7. The van der Waals surface area contributed by atoms with Crippen LogP contribution in [0, 0.1) is 15.9 Å². The third kappa shape index (κ3) is 1.48. The number of hydrogen-bond acceptors (Lipinski definition) is 4. The number of nitro benzene ring substituents is 1. The number of anilines is 1. The Morgan fingerprint density at radius 1 is 1.50 bits per heavy atom. The van der Waals surface area contributed by atoms with Gasteiger partial charge in [0, 0.05) is 11.6 Å². The molecule has 2 rings (SSSR count). The van der Waals surface area contributed by atoms with Crippen molar-refractivity contribution in [3.8, 4) is 11.3 Å². The lowest BCUT2D eigenvalue weighted by Gasteiger charge is -2.01. The minimum atomic E-state index is -0.927. The van der Waals surface area contributed by atoms with Gasteiger partial charge in [-0.3, -0.25) is 15.2 Å². The van der Waals surface area contributed by atoms with E-state index >= 15 is 0 Å². The molecule has 0 radical (unpaired) electrons. The van der Waals surface area contributed by atoms with Gasteiger partial charge in [-0.25, -0.2) is 0 Å². The summed E-state index contributed by atoms with van der Waals surface area (Å²) in [6, 6.07) is 3.87. The Labute approximate surface area is 89.0 Å². The molecular formula is C9H7FN4O2. The molecule has 16 heavy (non-hydrogen) atoms. The van der Waals surface area contributed by atoms with Crippen molar-refractivity contribution >= 4 is 11.4 Å². The van der Waals surface area contributed by atoms with Gasteiger partial charge < -0.3 is 5.73 Å². The molecule has 0 atom stereocenters. The van der Waals surface area contributed by atoms with Gasteiger partial charge in [0.2, 0.25) is 5.82 Å². The van der Waals surface area contributed by atoms with Crippen LogP contribution in [-0.2, 0) is 0 Å². The first kappa shape index (κ1) is 10.1. The number of aromatic amines is 1. The fourth-order valence-electron chi connectivity index (χ4n) is 1.37. The van der Waals surface area contributed by atoms with Crippen LogP contribution in [0.3, 0.4) is 0 Å². The quantitative estimate of drug-likeness (QED) is 0.596. The first-order valence-electron chi connectivity index (χ1n) is 4.33. The van der Waals surface area contributed by atoms with Crippen LogP contribution in [0.4, 0.5) is 15.8 Å². The highest BCUT2D eigenvalue weighted by Gasteiger charge is 2.20. The average Bonchev–Trinajstić information content (AvgIpc) is 2.64. The lowest BCUT2D eigenvalue weighted by atomic mass is 10.1. The molecule has 0 amide bonds. The van der Waals surface area contributed by atoms with Crippen LogP contribution in [0.5, 0.6) is 0 Å². The number of aromatic nitrogens is 2. The number of H-pyrrole nitrogens is 1. The van der Waals surface area contributed by atoms with Gasteiger partial charge in [0.25, 0.3) is 0 Å². The molecular weight excluding hydrogens is 215 g/mol. The predicted molar refractivity (Wildman–Crippen MR) is 55.0 cm³/mol. The Morgan fingerprint density at radius 2 is 2.25 bits per heavy atom. The third-order valence-electron chi connectivity index (χ3n) is 2.11. The molecule has 0 fully saturated rings. The van der Waals surface area contributed by atoms with Crippen LogP contribution >= 0.6 is 0 Å². The lowest BCUT2D eigenvalue weighted by molar-refractivity contribution is -0.387. The molecule has 0 aliphatic carbocycles. The van der Waals surface area contributed by atoms with Gasteiger partial charge >= 0.3 is 5.69 Å². The van der Waals surface area contributed by atoms with Crippen molar-refractivity contribution in [2.24, 2.45) is 0 Å². The molecule has 0 saturated carbocycles. The summed E-state index contributed by atoms with van der Waals surface area (Å²) < 4.78 is 13.7. The molecule has 2 aromatic rings. The van der Waals surface area contributed by atoms with Crippen LogP contribution in [0.1, 0.15) is 0 Å². The van der Waals surface area contributed by atoms with Crippen LogP contribution < -0.4 is 5.73 Å². The van der Waals surface area contributed by atoms with E-state index in [1.54, 1.807) is 0 Å². The van der Waals surface area contributed by atoms with Crippen molar-refractivity contribution in [1.29, 1.82) is 0 Å². The van der Waals surface area contributed by atoms with Gasteiger partial charge in [0.1, 0.15) is 0 Å². The second-order valence-corrected chi connectivity index (χ2v) is 3.10. The number of nitro groups is 1. The first-order valence-corrected chi connectivity index (χ1v) is 4.33. The summed E-state index contributed by atoms with van der Waals surface area (Å²) in [5, 5.41) is 16.7. The number of hydrogen-bond donors (Lipinski definition) is 2. The molecule has 3 N–H and O–H groups in total. The van der Waals surface area contributed by atoms with E-state index in [1.807, 2.05) is 0 Å². The van der Waals surface area contributed by atoms with Gasteiger partial charge in [0.05, 0.1) is 22.5 Å². The Balaban J connectivity index is 2.63. The number of halogens is 1. The molecule has 1 heterocycles. The van der Waals surface area contributed by atoms with E-state index in [0.29, 0.717) is 0 Å². The normalized spacial score (nSPS) is 10.3. The Hall–Kier alpha value is -2.44. The molecule has 1 aromatic carbocycles. The highest BCUT2D eigenvalue weighted by Crippen LogP contribution is 2.30. The third-order valence-corrected chi connectivity index (χ3v) is 2.11. The molecule has 0 bridgehead atoms. The molecule has 0 aliphatic rings. The summed E-state index contributed by atoms with van der Waals surface area (Å²) in [4.78, 5) is 9.75. The fourth-order valence-corrected chi connectivity index (χ4v) is 1.37. The van der Waals surface area contributed by atoms with E-state index in [9.17, 15) is 14.5 Å². The zero-order chi connectivity index (χ0) is 11.7. The summed E-state index contributed by atoms with van der Waals surface area (Å²) in [6.45, 7) is 0. The van der Waals surface area contributed by atoms with Crippen LogP contribution in [0.15, 0.2) is 24.4 Å². The van der Waals surface area contributed by atoms with E-state index in [4.69, 9.17) is 5.73 Å². The monoisotopic (exact) mass is 222 g/mol. The summed E-state index contributed by atoms with van der Waals surface area (Å²) >= 11 is 0. The molecule has 6 nitrogen and oxygen atoms in total. The van der Waals surface area contributed by atoms with E-state index < -0.39 is 16.4 Å². The molecule has 0 saturated heterocycles. The number of benzene rings is 1. The van der Waals surface area contributed by atoms with Crippen LogP contribution in [0.2, 0.25) is 0 Å². The average molecular weight is 222 g/mol. The van der Waals surface area contributed by atoms with E-state index in [0.717, 1.165) is 6.07 Å². The number of nitrogens with two attached hydrogens (primary N) is 1. The van der Waals surface area contributed by atoms with Crippen molar-refractivity contribution < 1.29 is 9.31 Å². The second-order valence-electron chi connectivity index (χ2n) is 3.10. The van der Waals surface area contributed by atoms with Crippen molar-refractivity contribution in [2.75, 3.05) is 5.73 Å². The largest absolute Gasteiger partial charge is 0.396 e. The molecule has 1 aromatic heterocycles. The van der Waals surface area contributed by atoms with Gasteiger partial charge in [-0.1, -0.05) is 6.07 Å². The smallest absolute Gasteiger partial charge is 0.305 e. The van der Waals surface area contributed by atoms with Gasteiger partial charge in [-0.2, -0.15) is 9.49 Å². The molecule has 7 heteroatoms. The van der Waals surface area contributed by atoms with Gasteiger partial charge in [-0.05, 0) is 6.07 Å². The second kappa shape index (κ2) is 3.61. The highest BCUT2D eigenvalue weighted by molar-refractivity contribution is 5.73. The fraction of sp³-hybridized carbons (Fsp3) is 0. The van der Waals surface area contributed by atoms with Crippen molar-refractivity contribution in [1.82, 2.24) is 10.2 Å². The van der Waals surface area contributed by atoms with E-state index in [1.165, 1.54) is 18.3 Å². The maximum absolute atomic E-state index is 13.7. The summed E-state index contributed by atoms with van der Waals surface area (Å²) in [7, 11) is 0. The van der Waals surface area contributed by atoms with Gasteiger partial charge in [-0.15, -0.1) is 0 Å². The summed E-state index contributed by atoms with van der Waals surface area (Å²) in [6.07, 6.45) is 1.31. The predicted octanol–water partition coefficient (Wildman–Crippen LogP) is 1.71. The zero-order valence-corrected chi connectivity index (χ0v) is 7.98. The molecule has 0 aliphatic heterocycles. The Morgan fingerprint density at radius 3 is 2.81 bits per heavy atom. The zero-order valence-electron chi connectivity index (χ0n) is 7.98. The SMILES string of the molecule is Nc1cn[nH]c1-c1cccc([N+](=O)[O-])c1F. The Bertz CT molecular complexity index is 552. The van der Waals surface area contributed by atoms with Gasteiger partial charge in [0.15, 0.2) is 0 Å². The minimum Gasteiger partial charge on any atom is -0.396 e. The first-order chi connectivity index (χ1) is 7.61. The number of nitrogen functional groups attached to an aromatic ring is 1. The minimum absolute atomic E-state index is 0.0317. The van der Waals surface area contributed by atoms with Crippen LogP contribution in [-0.4, -0.2) is 15.1 Å². The number of nitrogens with one attached hydrogen (secondary N) is 1. The van der Waals surface area contributed by atoms with Crippen LogP contribution in [0.25, 0.3) is 11.3 Å². The topological polar surface area (TPSA) is 97.8 Å². The Kier molecular flexibility index (Phi) is 2.28. The summed E-state index contributed by atoms with van der Waals surface area (Å²) in [5.41, 5.74) is 5.45. The maximum Gasteiger partial charge on any atom is 0.305 e. The molecule has 0 unspecified atom stereocenters. The van der Waals surface area contributed by atoms with Crippen molar-refractivity contribution in [3.05, 3.63) is 40.3 Å². The van der Waals surface area contributed by atoms with E-state index in [-0.39, 0.29) is 16.9 Å². The number of nitrogens with zero attached hydrogens (tertiary/aromatic N) is 2. The highest BCUT2D eigenvalue weighted by atomic mass is 19.1. The molecule has 82 valence electrons. The number of rotatable bonds is 2. The van der Waals surface area contributed by atoms with E-state index in [2.05, 4.69) is 10.2 Å². The van der Waals surface area contributed by atoms with Crippen molar-refractivity contribution in [2.45, 2.75) is 0 Å². The lowest BCUT2D eigenvalue weighted by Crippen LogP contribution is -1.96. The standard InChI is InChI=1S/C9H7FN4O2/c10-8-5(9-6(11)4-12-13-9)2-1-3-7(8)14(15)16/h1-4H,11H2,(H,12,13). The molecule has 0 spiro atoms. The summed E-state index contributed by atoms with van der Waals surface area (Å²) in [5.74, 6) is -0.927. The van der Waals surface area contributed by atoms with Crippen molar-refractivity contribution in [3.63, 3.8) is 0 Å².